The molecule has 0 radical (unpaired) electrons. The maximum Gasteiger partial charge on any atom is 0.227 e. The molecule has 2 heterocycles. The molecule has 0 unspecified atom stereocenters. The van der Waals surface area contributed by atoms with Gasteiger partial charge in [0, 0.05) is 11.8 Å². The van der Waals surface area contributed by atoms with Crippen molar-refractivity contribution in [3.05, 3.63) is 96.6 Å². The first kappa shape index (κ1) is 17.1. The zero-order valence-electron chi connectivity index (χ0n) is 15.3. The monoisotopic (exact) mass is 381 g/mol. The number of imidazole rings is 1. The Bertz CT molecular complexity index is 1270. The average Bonchev–Trinajstić information content (AvgIpc) is 3.37. The van der Waals surface area contributed by atoms with Crippen molar-refractivity contribution in [2.24, 2.45) is 4.99 Å². The molecule has 29 heavy (non-hydrogen) atoms. The van der Waals surface area contributed by atoms with Gasteiger partial charge in [-0.15, -0.1) is 0 Å². The first-order chi connectivity index (χ1) is 14.3. The maximum atomic E-state index is 13.4. The lowest BCUT2D eigenvalue weighted by Gasteiger charge is -1.99. The van der Waals surface area contributed by atoms with E-state index in [1.54, 1.807) is 23.0 Å². The predicted molar refractivity (Wildman–Crippen MR) is 112 cm³/mol. The fourth-order valence-electron chi connectivity index (χ4n) is 3.17. The molecule has 140 valence electrons. The lowest BCUT2D eigenvalue weighted by molar-refractivity contribution is 0.628. The Morgan fingerprint density at radius 2 is 1.66 bits per heavy atom. The van der Waals surface area contributed by atoms with E-state index in [-0.39, 0.29) is 5.82 Å². The highest BCUT2D eigenvalue weighted by molar-refractivity contribution is 5.89. The highest BCUT2D eigenvalue weighted by atomic mass is 19.1. The molecular weight excluding hydrogens is 365 g/mol. The Kier molecular flexibility index (Phi) is 4.22. The molecule has 0 saturated heterocycles. The third-order valence-electron chi connectivity index (χ3n) is 4.60. The fourth-order valence-corrected chi connectivity index (χ4v) is 3.17. The zero-order chi connectivity index (χ0) is 19.6. The van der Waals surface area contributed by atoms with Crippen LogP contribution in [0.5, 0.6) is 0 Å². The molecular formula is C23H16FN5. The number of fused-ring (bicyclic) bond motifs is 1. The van der Waals surface area contributed by atoms with Crippen molar-refractivity contribution in [1.82, 2.24) is 19.7 Å². The van der Waals surface area contributed by atoms with E-state index in [4.69, 9.17) is 0 Å². The molecule has 5 aromatic rings. The summed E-state index contributed by atoms with van der Waals surface area (Å²) in [6, 6.07) is 23.9. The van der Waals surface area contributed by atoms with Crippen LogP contribution in [0, 0.1) is 5.82 Å². The van der Waals surface area contributed by atoms with Crippen LogP contribution >= 0.6 is 0 Å². The SMILES string of the molecule is Fc1ccc(-c2cn(-c3ccccc3)nc2C=Nc2nc3ccccc3[nH]2)cc1. The normalized spacial score (nSPS) is 11.5. The van der Waals surface area contributed by atoms with E-state index in [2.05, 4.69) is 20.1 Å². The van der Waals surface area contributed by atoms with Gasteiger partial charge < -0.3 is 4.98 Å². The highest BCUT2D eigenvalue weighted by Gasteiger charge is 2.11. The summed E-state index contributed by atoms with van der Waals surface area (Å²) in [5.74, 6) is 0.229. The zero-order valence-corrected chi connectivity index (χ0v) is 15.3. The van der Waals surface area contributed by atoms with Crippen molar-refractivity contribution in [2.75, 3.05) is 0 Å². The number of benzene rings is 3. The number of aromatic amines is 1. The van der Waals surface area contributed by atoms with Crippen LogP contribution in [0.4, 0.5) is 10.3 Å². The second-order valence-electron chi connectivity index (χ2n) is 6.55. The number of nitrogens with zero attached hydrogens (tertiary/aromatic N) is 4. The standard InChI is InChI=1S/C23H16FN5/c24-17-12-10-16(11-13-17)19-15-29(18-6-2-1-3-7-18)28-22(19)14-25-23-26-20-8-4-5-9-21(20)27-23/h1-15H,(H,26,27). The van der Waals surface area contributed by atoms with Gasteiger partial charge in [-0.05, 0) is 42.0 Å². The van der Waals surface area contributed by atoms with Gasteiger partial charge in [-0.1, -0.05) is 42.5 Å². The Morgan fingerprint density at radius 3 is 2.45 bits per heavy atom. The topological polar surface area (TPSA) is 58.9 Å². The van der Waals surface area contributed by atoms with Gasteiger partial charge >= 0.3 is 0 Å². The number of aromatic nitrogens is 4. The molecule has 5 nitrogen and oxygen atoms in total. The van der Waals surface area contributed by atoms with Crippen LogP contribution in [0.2, 0.25) is 0 Å². The lowest BCUT2D eigenvalue weighted by atomic mass is 10.1. The number of para-hydroxylation sites is 3. The number of nitrogens with one attached hydrogen (secondary N) is 1. The van der Waals surface area contributed by atoms with E-state index >= 15 is 0 Å². The van der Waals surface area contributed by atoms with Gasteiger partial charge in [0.25, 0.3) is 0 Å². The van der Waals surface area contributed by atoms with E-state index in [1.807, 2.05) is 60.8 Å². The van der Waals surface area contributed by atoms with Crippen molar-refractivity contribution in [3.63, 3.8) is 0 Å². The predicted octanol–water partition coefficient (Wildman–Crippen LogP) is 5.31. The molecule has 0 aliphatic carbocycles. The van der Waals surface area contributed by atoms with E-state index in [0.717, 1.165) is 27.8 Å². The Labute approximate surface area is 166 Å². The molecule has 0 amide bonds. The largest absolute Gasteiger partial charge is 0.322 e. The number of halogens is 1. The molecule has 0 bridgehead atoms. The molecule has 0 aliphatic heterocycles. The smallest absolute Gasteiger partial charge is 0.227 e. The van der Waals surface area contributed by atoms with Crippen molar-refractivity contribution >= 4 is 23.2 Å². The Balaban J connectivity index is 1.58. The van der Waals surface area contributed by atoms with Crippen LogP contribution in [0.3, 0.4) is 0 Å². The third-order valence-corrected chi connectivity index (χ3v) is 4.60. The van der Waals surface area contributed by atoms with Crippen LogP contribution in [-0.2, 0) is 0 Å². The van der Waals surface area contributed by atoms with Gasteiger partial charge in [0.15, 0.2) is 0 Å². The van der Waals surface area contributed by atoms with Gasteiger partial charge in [-0.2, -0.15) is 5.10 Å². The summed E-state index contributed by atoms with van der Waals surface area (Å²) in [6.45, 7) is 0. The molecule has 0 atom stereocenters. The third kappa shape index (κ3) is 3.43. The van der Waals surface area contributed by atoms with Crippen molar-refractivity contribution in [2.45, 2.75) is 0 Å². The summed E-state index contributed by atoms with van der Waals surface area (Å²) in [7, 11) is 0. The molecule has 2 aromatic heterocycles. The summed E-state index contributed by atoms with van der Waals surface area (Å²) in [6.07, 6.45) is 3.60. The van der Waals surface area contributed by atoms with E-state index in [9.17, 15) is 4.39 Å². The summed E-state index contributed by atoms with van der Waals surface area (Å²) in [4.78, 5) is 12.1. The number of H-pyrrole nitrogens is 1. The van der Waals surface area contributed by atoms with Crippen molar-refractivity contribution in [1.29, 1.82) is 0 Å². The van der Waals surface area contributed by atoms with Gasteiger partial charge in [0.2, 0.25) is 5.95 Å². The quantitative estimate of drug-likeness (QED) is 0.429. The van der Waals surface area contributed by atoms with Gasteiger partial charge in [-0.3, -0.25) is 0 Å². The molecule has 0 fully saturated rings. The summed E-state index contributed by atoms with van der Waals surface area (Å²) >= 11 is 0. The van der Waals surface area contributed by atoms with Crippen LogP contribution in [-0.4, -0.2) is 26.0 Å². The average molecular weight is 381 g/mol. The summed E-state index contributed by atoms with van der Waals surface area (Å²) in [5.41, 5.74) is 5.09. The molecule has 6 heteroatoms. The Hall–Kier alpha value is -4.06. The molecule has 0 saturated carbocycles. The van der Waals surface area contributed by atoms with E-state index < -0.39 is 0 Å². The van der Waals surface area contributed by atoms with Crippen molar-refractivity contribution in [3.8, 4) is 16.8 Å². The Morgan fingerprint density at radius 1 is 0.897 bits per heavy atom. The second kappa shape index (κ2) is 7.16. The van der Waals surface area contributed by atoms with Crippen LogP contribution in [0.15, 0.2) is 90.1 Å². The number of hydrogen-bond acceptors (Lipinski definition) is 3. The van der Waals surface area contributed by atoms with Gasteiger partial charge in [0.1, 0.15) is 11.5 Å². The highest BCUT2D eigenvalue weighted by Crippen LogP contribution is 2.25. The minimum atomic E-state index is -0.276. The minimum Gasteiger partial charge on any atom is -0.322 e. The minimum absolute atomic E-state index is 0.276. The first-order valence-electron chi connectivity index (χ1n) is 9.16. The van der Waals surface area contributed by atoms with Crippen LogP contribution in [0.25, 0.3) is 27.8 Å². The maximum absolute atomic E-state index is 13.4. The number of rotatable bonds is 4. The number of hydrogen-bond donors (Lipinski definition) is 1. The van der Waals surface area contributed by atoms with E-state index in [1.165, 1.54) is 12.1 Å². The molecule has 1 N–H and O–H groups in total. The van der Waals surface area contributed by atoms with Crippen LogP contribution < -0.4 is 0 Å². The molecule has 3 aromatic carbocycles. The van der Waals surface area contributed by atoms with Gasteiger partial charge in [-0.25, -0.2) is 19.0 Å². The lowest BCUT2D eigenvalue weighted by Crippen LogP contribution is -1.95. The van der Waals surface area contributed by atoms with Crippen LogP contribution in [0.1, 0.15) is 5.69 Å². The first-order valence-corrected chi connectivity index (χ1v) is 9.16. The summed E-state index contributed by atoms with van der Waals surface area (Å²) in [5, 5.41) is 4.68. The van der Waals surface area contributed by atoms with E-state index in [0.29, 0.717) is 11.6 Å². The molecule has 5 rings (SSSR count). The van der Waals surface area contributed by atoms with Crippen molar-refractivity contribution < 1.29 is 4.39 Å². The second-order valence-corrected chi connectivity index (χ2v) is 6.55. The molecule has 0 spiro atoms. The van der Waals surface area contributed by atoms with Gasteiger partial charge in [0.05, 0.1) is 22.9 Å². The summed E-state index contributed by atoms with van der Waals surface area (Å²) < 4.78 is 15.2. The molecule has 0 aliphatic rings. The fraction of sp³-hybridized carbons (Fsp3) is 0. The number of aliphatic imine (C=N–C) groups is 1.